The first kappa shape index (κ1) is 28.7. The molecule has 2 N–H and O–H groups in total. The van der Waals surface area contributed by atoms with Crippen molar-refractivity contribution in [3.05, 3.63) is 103 Å². The second kappa shape index (κ2) is 13.1. The van der Waals surface area contributed by atoms with Gasteiger partial charge in [-0.25, -0.2) is 5.43 Å². The number of non-ortho nitro benzene ring substituents is 1. The average Bonchev–Trinajstić information content (AvgIpc) is 2.88. The van der Waals surface area contributed by atoms with Crippen molar-refractivity contribution in [2.45, 2.75) is 26.3 Å². The van der Waals surface area contributed by atoms with Gasteiger partial charge in [0.1, 0.15) is 11.8 Å². The van der Waals surface area contributed by atoms with Gasteiger partial charge in [0, 0.05) is 16.7 Å². The molecule has 0 fully saturated rings. The highest BCUT2D eigenvalue weighted by molar-refractivity contribution is 6.30. The summed E-state index contributed by atoms with van der Waals surface area (Å²) in [5.41, 5.74) is 2.26. The number of nitro benzene ring substituents is 2. The Morgan fingerprint density at radius 2 is 1.74 bits per heavy atom. The Bertz CT molecular complexity index is 1410. The maximum atomic E-state index is 12.8. The van der Waals surface area contributed by atoms with Gasteiger partial charge in [-0.05, 0) is 60.4 Å². The van der Waals surface area contributed by atoms with Crippen molar-refractivity contribution in [3.8, 4) is 11.5 Å². The molecule has 0 aliphatic rings. The lowest BCUT2D eigenvalue weighted by Crippen LogP contribution is -2.46. The summed E-state index contributed by atoms with van der Waals surface area (Å²) in [4.78, 5) is 46.1. The Kier molecular flexibility index (Phi) is 9.65. The zero-order valence-electron chi connectivity index (χ0n) is 20.9. The average molecular weight is 554 g/mol. The molecule has 3 aromatic rings. The molecule has 1 unspecified atom stereocenters. The Labute approximate surface area is 227 Å². The predicted octanol–water partition coefficient (Wildman–Crippen LogP) is 5.24. The van der Waals surface area contributed by atoms with Crippen LogP contribution in [0.15, 0.2) is 71.8 Å². The van der Waals surface area contributed by atoms with E-state index in [0.717, 1.165) is 18.2 Å². The standard InChI is InChI=1S/C26H24ClN5O7/c1-16(2)12-22(29-25(33)18-6-8-19(27)9-7-18)26(34)30-28-15-17-4-3-5-21(13-17)39-24-11-10-20(31(35)36)14-23(24)32(37)38/h3-11,13-16,22H,12H2,1-2H3,(H,29,33)(H,30,34)/b28-15+. The zero-order chi connectivity index (χ0) is 28.5. The molecule has 202 valence electrons. The summed E-state index contributed by atoms with van der Waals surface area (Å²) < 4.78 is 5.58. The maximum absolute atomic E-state index is 12.8. The second-order valence-corrected chi connectivity index (χ2v) is 9.17. The number of rotatable bonds is 11. The van der Waals surface area contributed by atoms with Crippen LogP contribution in [0, 0.1) is 26.1 Å². The van der Waals surface area contributed by atoms with Gasteiger partial charge in [0.15, 0.2) is 0 Å². The molecule has 0 aliphatic carbocycles. The SMILES string of the molecule is CC(C)CC(NC(=O)c1ccc(Cl)cc1)C(=O)N/N=C/c1cccc(Oc2ccc([N+](=O)[O-])cc2[N+](=O)[O-])c1. The molecule has 13 heteroatoms. The van der Waals surface area contributed by atoms with Crippen molar-refractivity contribution >= 4 is 41.0 Å². The molecular weight excluding hydrogens is 530 g/mol. The summed E-state index contributed by atoms with van der Waals surface area (Å²) in [6.45, 7) is 3.83. The van der Waals surface area contributed by atoms with Crippen LogP contribution in [-0.4, -0.2) is 33.9 Å². The van der Waals surface area contributed by atoms with E-state index in [-0.39, 0.29) is 17.4 Å². The molecular formula is C26H24ClN5O7. The monoisotopic (exact) mass is 553 g/mol. The van der Waals surface area contributed by atoms with E-state index in [1.807, 2.05) is 13.8 Å². The van der Waals surface area contributed by atoms with Gasteiger partial charge >= 0.3 is 5.69 Å². The Hall–Kier alpha value is -4.84. The lowest BCUT2D eigenvalue weighted by atomic mass is 10.0. The summed E-state index contributed by atoms with van der Waals surface area (Å²) in [6, 6.07) is 14.8. The van der Waals surface area contributed by atoms with Crippen molar-refractivity contribution < 1.29 is 24.2 Å². The van der Waals surface area contributed by atoms with Crippen LogP contribution in [0.3, 0.4) is 0 Å². The molecule has 0 saturated heterocycles. The summed E-state index contributed by atoms with van der Waals surface area (Å²) in [5.74, 6) is -0.818. The van der Waals surface area contributed by atoms with Crippen molar-refractivity contribution in [1.29, 1.82) is 0 Å². The number of carbonyl (C=O) groups excluding carboxylic acids is 2. The minimum Gasteiger partial charge on any atom is -0.450 e. The highest BCUT2D eigenvalue weighted by Gasteiger charge is 2.23. The molecule has 0 aromatic heterocycles. The summed E-state index contributed by atoms with van der Waals surface area (Å²) in [7, 11) is 0. The van der Waals surface area contributed by atoms with Crippen molar-refractivity contribution in [2.75, 3.05) is 0 Å². The van der Waals surface area contributed by atoms with Gasteiger partial charge in [0.05, 0.1) is 22.1 Å². The highest BCUT2D eigenvalue weighted by Crippen LogP contribution is 2.34. The minimum absolute atomic E-state index is 0.104. The number of nitrogens with zero attached hydrogens (tertiary/aromatic N) is 3. The van der Waals surface area contributed by atoms with Crippen LogP contribution in [0.25, 0.3) is 0 Å². The van der Waals surface area contributed by atoms with E-state index in [9.17, 15) is 29.8 Å². The van der Waals surface area contributed by atoms with Gasteiger partial charge in [-0.15, -0.1) is 0 Å². The van der Waals surface area contributed by atoms with Gasteiger partial charge in [0.2, 0.25) is 5.75 Å². The molecule has 0 bridgehead atoms. The number of nitro groups is 2. The van der Waals surface area contributed by atoms with E-state index in [1.165, 1.54) is 18.3 Å². The summed E-state index contributed by atoms with van der Waals surface area (Å²) in [6.07, 6.45) is 1.71. The van der Waals surface area contributed by atoms with Crippen LogP contribution in [0.4, 0.5) is 11.4 Å². The summed E-state index contributed by atoms with van der Waals surface area (Å²) in [5, 5.41) is 29.4. The zero-order valence-corrected chi connectivity index (χ0v) is 21.6. The Morgan fingerprint density at radius 1 is 1.03 bits per heavy atom. The van der Waals surface area contributed by atoms with Crippen molar-refractivity contribution in [2.24, 2.45) is 11.0 Å². The molecule has 12 nitrogen and oxygen atoms in total. The molecule has 1 atom stereocenters. The van der Waals surface area contributed by atoms with E-state index < -0.39 is 39.1 Å². The molecule has 2 amide bonds. The fourth-order valence-electron chi connectivity index (χ4n) is 3.43. The number of halogens is 1. The van der Waals surface area contributed by atoms with E-state index in [0.29, 0.717) is 22.6 Å². The smallest absolute Gasteiger partial charge is 0.318 e. The molecule has 0 heterocycles. The fourth-order valence-corrected chi connectivity index (χ4v) is 3.55. The van der Waals surface area contributed by atoms with E-state index >= 15 is 0 Å². The Balaban J connectivity index is 1.69. The quantitative estimate of drug-likeness (QED) is 0.186. The lowest BCUT2D eigenvalue weighted by Gasteiger charge is -2.19. The number of benzene rings is 3. The first-order valence-electron chi connectivity index (χ1n) is 11.6. The third-order valence-corrected chi connectivity index (χ3v) is 5.51. The lowest BCUT2D eigenvalue weighted by molar-refractivity contribution is -0.394. The predicted molar refractivity (Wildman–Crippen MR) is 144 cm³/mol. The number of hydrogen-bond donors (Lipinski definition) is 2. The number of amides is 2. The van der Waals surface area contributed by atoms with Gasteiger partial charge in [0.25, 0.3) is 17.5 Å². The molecule has 0 saturated carbocycles. The normalized spacial score (nSPS) is 11.7. The van der Waals surface area contributed by atoms with Crippen LogP contribution in [0.2, 0.25) is 5.02 Å². The largest absolute Gasteiger partial charge is 0.450 e. The van der Waals surface area contributed by atoms with E-state index in [2.05, 4.69) is 15.8 Å². The van der Waals surface area contributed by atoms with Crippen LogP contribution >= 0.6 is 11.6 Å². The van der Waals surface area contributed by atoms with Crippen LogP contribution in [0.5, 0.6) is 11.5 Å². The molecule has 0 radical (unpaired) electrons. The van der Waals surface area contributed by atoms with Gasteiger partial charge in [-0.1, -0.05) is 37.6 Å². The van der Waals surface area contributed by atoms with Crippen LogP contribution in [-0.2, 0) is 4.79 Å². The Morgan fingerprint density at radius 3 is 2.38 bits per heavy atom. The number of ether oxygens (including phenoxy) is 1. The molecule has 3 rings (SSSR count). The molecule has 39 heavy (non-hydrogen) atoms. The van der Waals surface area contributed by atoms with Gasteiger partial charge in [-0.2, -0.15) is 5.10 Å². The fraction of sp³-hybridized carbons (Fsp3) is 0.192. The first-order valence-corrected chi connectivity index (χ1v) is 12.0. The third-order valence-electron chi connectivity index (χ3n) is 5.26. The summed E-state index contributed by atoms with van der Waals surface area (Å²) >= 11 is 5.87. The van der Waals surface area contributed by atoms with Gasteiger partial charge in [-0.3, -0.25) is 29.8 Å². The van der Waals surface area contributed by atoms with Gasteiger partial charge < -0.3 is 10.1 Å². The number of hydrazone groups is 1. The molecule has 3 aromatic carbocycles. The van der Waals surface area contributed by atoms with E-state index in [4.69, 9.17) is 16.3 Å². The van der Waals surface area contributed by atoms with Crippen molar-refractivity contribution in [3.63, 3.8) is 0 Å². The van der Waals surface area contributed by atoms with E-state index in [1.54, 1.807) is 36.4 Å². The van der Waals surface area contributed by atoms with Crippen LogP contribution < -0.4 is 15.5 Å². The minimum atomic E-state index is -0.845. The van der Waals surface area contributed by atoms with Crippen molar-refractivity contribution in [1.82, 2.24) is 10.7 Å². The topological polar surface area (TPSA) is 166 Å². The third kappa shape index (κ3) is 8.33. The second-order valence-electron chi connectivity index (χ2n) is 8.74. The molecule has 0 spiro atoms. The van der Waals surface area contributed by atoms with Crippen LogP contribution in [0.1, 0.15) is 36.2 Å². The first-order chi connectivity index (χ1) is 18.5. The number of nitrogens with one attached hydrogen (secondary N) is 2. The highest BCUT2D eigenvalue weighted by atomic mass is 35.5. The molecule has 0 aliphatic heterocycles. The number of hydrogen-bond acceptors (Lipinski definition) is 8. The maximum Gasteiger partial charge on any atom is 0.318 e. The number of carbonyl (C=O) groups is 2.